The van der Waals surface area contributed by atoms with Crippen molar-refractivity contribution in [3.05, 3.63) is 0 Å². The fraction of sp³-hybridized carbons (Fsp3) is 0.923. The van der Waals surface area contributed by atoms with E-state index in [0.717, 1.165) is 44.1 Å². The van der Waals surface area contributed by atoms with Crippen LogP contribution in [0.1, 0.15) is 32.1 Å². The molecule has 2 heterocycles. The fourth-order valence-electron chi connectivity index (χ4n) is 2.81. The molecule has 0 aromatic carbocycles. The van der Waals surface area contributed by atoms with Gasteiger partial charge in [-0.2, -0.15) is 11.8 Å². The van der Waals surface area contributed by atoms with Gasteiger partial charge in [0.2, 0.25) is 0 Å². The number of carbonyl (C=O) groups is 1. The first-order chi connectivity index (χ1) is 8.76. The van der Waals surface area contributed by atoms with Gasteiger partial charge >= 0.3 is 6.03 Å². The van der Waals surface area contributed by atoms with Crippen molar-refractivity contribution in [1.82, 2.24) is 10.6 Å². The van der Waals surface area contributed by atoms with E-state index in [1.165, 1.54) is 18.6 Å². The van der Waals surface area contributed by atoms with Crippen LogP contribution in [-0.2, 0) is 4.74 Å². The van der Waals surface area contributed by atoms with Gasteiger partial charge in [-0.05, 0) is 43.8 Å². The molecule has 5 heteroatoms. The second-order valence-electron chi connectivity index (χ2n) is 5.82. The smallest absolute Gasteiger partial charge is 0.315 e. The van der Waals surface area contributed by atoms with E-state index < -0.39 is 0 Å². The minimum absolute atomic E-state index is 0.00889. The molecule has 1 aliphatic carbocycles. The molecule has 2 aliphatic heterocycles. The van der Waals surface area contributed by atoms with Crippen LogP contribution >= 0.6 is 11.8 Å². The minimum atomic E-state index is 0.00889. The van der Waals surface area contributed by atoms with Gasteiger partial charge in [0.15, 0.2) is 0 Å². The van der Waals surface area contributed by atoms with Crippen LogP contribution in [-0.4, -0.2) is 42.3 Å². The lowest BCUT2D eigenvalue weighted by molar-refractivity contribution is -0.0684. The standard InChI is InChI=1S/C13H22N2O2S/c16-12(14-8-10-1-2-10)15-11-3-5-17-13(7-11)4-6-18-9-13/h10-11H,1-9H2,(H2,14,15,16). The third kappa shape index (κ3) is 3.12. The number of nitrogens with one attached hydrogen (secondary N) is 2. The summed E-state index contributed by atoms with van der Waals surface area (Å²) in [7, 11) is 0. The Morgan fingerprint density at radius 2 is 2.28 bits per heavy atom. The second-order valence-corrected chi connectivity index (χ2v) is 6.93. The summed E-state index contributed by atoms with van der Waals surface area (Å²) < 4.78 is 5.95. The lowest BCUT2D eigenvalue weighted by atomic mass is 9.90. The van der Waals surface area contributed by atoms with Gasteiger partial charge in [-0.25, -0.2) is 4.79 Å². The van der Waals surface area contributed by atoms with Crippen molar-refractivity contribution in [3.8, 4) is 0 Å². The van der Waals surface area contributed by atoms with Gasteiger partial charge in [-0.15, -0.1) is 0 Å². The van der Waals surface area contributed by atoms with E-state index in [0.29, 0.717) is 0 Å². The number of hydrogen-bond acceptors (Lipinski definition) is 3. The summed E-state index contributed by atoms with van der Waals surface area (Å²) in [5.74, 6) is 3.03. The summed E-state index contributed by atoms with van der Waals surface area (Å²) in [4.78, 5) is 11.8. The summed E-state index contributed by atoms with van der Waals surface area (Å²) in [6.07, 6.45) is 5.62. The summed E-state index contributed by atoms with van der Waals surface area (Å²) in [5, 5.41) is 6.09. The molecule has 2 N–H and O–H groups in total. The highest BCUT2D eigenvalue weighted by Gasteiger charge is 2.40. The Labute approximate surface area is 113 Å². The third-order valence-corrected chi connectivity index (χ3v) is 5.37. The van der Waals surface area contributed by atoms with Crippen LogP contribution in [0, 0.1) is 5.92 Å². The zero-order valence-corrected chi connectivity index (χ0v) is 11.6. The molecule has 2 amide bonds. The lowest BCUT2D eigenvalue weighted by Crippen LogP contribution is -2.51. The Balaban J connectivity index is 1.44. The van der Waals surface area contributed by atoms with Crippen molar-refractivity contribution in [2.45, 2.75) is 43.7 Å². The summed E-state index contributed by atoms with van der Waals surface area (Å²) in [6.45, 7) is 1.63. The van der Waals surface area contributed by atoms with Crippen LogP contribution in [0.2, 0.25) is 0 Å². The quantitative estimate of drug-likeness (QED) is 0.821. The topological polar surface area (TPSA) is 50.4 Å². The molecule has 0 radical (unpaired) electrons. The number of thioether (sulfide) groups is 1. The van der Waals surface area contributed by atoms with Crippen LogP contribution in [0.5, 0.6) is 0 Å². The van der Waals surface area contributed by atoms with Gasteiger partial charge in [0.1, 0.15) is 0 Å². The van der Waals surface area contributed by atoms with E-state index >= 15 is 0 Å². The Hall–Kier alpha value is -0.420. The zero-order valence-electron chi connectivity index (χ0n) is 10.7. The highest BCUT2D eigenvalue weighted by Crippen LogP contribution is 2.38. The number of rotatable bonds is 3. The molecule has 0 bridgehead atoms. The minimum Gasteiger partial charge on any atom is -0.374 e. The van der Waals surface area contributed by atoms with Gasteiger partial charge in [-0.3, -0.25) is 0 Å². The average Bonchev–Trinajstić information content (AvgIpc) is 3.09. The molecule has 2 saturated heterocycles. The van der Waals surface area contributed by atoms with Crippen molar-refractivity contribution in [2.75, 3.05) is 24.7 Å². The third-order valence-electron chi connectivity index (χ3n) is 4.14. The second kappa shape index (κ2) is 5.29. The number of hydrogen-bond donors (Lipinski definition) is 2. The molecule has 102 valence electrons. The molecule has 18 heavy (non-hydrogen) atoms. The Morgan fingerprint density at radius 1 is 1.39 bits per heavy atom. The van der Waals surface area contributed by atoms with E-state index in [1.54, 1.807) is 0 Å². The van der Waals surface area contributed by atoms with E-state index in [2.05, 4.69) is 10.6 Å². The van der Waals surface area contributed by atoms with Crippen LogP contribution in [0.25, 0.3) is 0 Å². The maximum Gasteiger partial charge on any atom is 0.315 e. The van der Waals surface area contributed by atoms with Gasteiger partial charge in [0.05, 0.1) is 5.60 Å². The molecule has 2 atom stereocenters. The molecule has 3 aliphatic rings. The zero-order chi connectivity index (χ0) is 12.4. The summed E-state index contributed by atoms with van der Waals surface area (Å²) >= 11 is 1.97. The van der Waals surface area contributed by atoms with Crippen molar-refractivity contribution in [3.63, 3.8) is 0 Å². The highest BCUT2D eigenvalue weighted by molar-refractivity contribution is 7.99. The first kappa shape index (κ1) is 12.6. The monoisotopic (exact) mass is 270 g/mol. The predicted molar refractivity (Wildman–Crippen MR) is 72.9 cm³/mol. The van der Waals surface area contributed by atoms with Gasteiger partial charge < -0.3 is 15.4 Å². The van der Waals surface area contributed by atoms with Crippen molar-refractivity contribution < 1.29 is 9.53 Å². The largest absolute Gasteiger partial charge is 0.374 e. The molecule has 0 aromatic rings. The lowest BCUT2D eigenvalue weighted by Gasteiger charge is -2.37. The van der Waals surface area contributed by atoms with Gasteiger partial charge in [0.25, 0.3) is 0 Å². The molecule has 2 unspecified atom stereocenters. The fourth-order valence-corrected chi connectivity index (χ4v) is 4.19. The summed E-state index contributed by atoms with van der Waals surface area (Å²) in [6, 6.07) is 0.297. The molecule has 1 saturated carbocycles. The average molecular weight is 270 g/mol. The number of amides is 2. The van der Waals surface area contributed by atoms with Crippen LogP contribution in [0.15, 0.2) is 0 Å². The van der Waals surface area contributed by atoms with Crippen molar-refractivity contribution >= 4 is 17.8 Å². The van der Waals surface area contributed by atoms with Crippen molar-refractivity contribution in [2.24, 2.45) is 5.92 Å². The first-order valence-electron chi connectivity index (χ1n) is 7.02. The Morgan fingerprint density at radius 3 is 3.00 bits per heavy atom. The number of carbonyl (C=O) groups excluding carboxylic acids is 1. The Kier molecular flexibility index (Phi) is 3.71. The Bertz CT molecular complexity index is 314. The van der Waals surface area contributed by atoms with Crippen molar-refractivity contribution in [1.29, 1.82) is 0 Å². The molecule has 4 nitrogen and oxygen atoms in total. The molecular weight excluding hydrogens is 248 g/mol. The molecule has 1 spiro atoms. The van der Waals surface area contributed by atoms with Crippen LogP contribution in [0.3, 0.4) is 0 Å². The predicted octanol–water partition coefficient (Wildman–Crippen LogP) is 1.75. The van der Waals surface area contributed by atoms with E-state index in [9.17, 15) is 4.79 Å². The first-order valence-corrected chi connectivity index (χ1v) is 8.17. The number of urea groups is 1. The van der Waals surface area contributed by atoms with Crippen LogP contribution in [0.4, 0.5) is 4.79 Å². The van der Waals surface area contributed by atoms with E-state index in [1.807, 2.05) is 11.8 Å². The molecule has 3 fully saturated rings. The summed E-state index contributed by atoms with van der Waals surface area (Å²) in [5.41, 5.74) is 0.0529. The maximum atomic E-state index is 11.8. The number of ether oxygens (including phenoxy) is 1. The van der Waals surface area contributed by atoms with Gasteiger partial charge in [-0.1, -0.05) is 0 Å². The van der Waals surface area contributed by atoms with Gasteiger partial charge in [0, 0.05) is 24.9 Å². The SMILES string of the molecule is O=C(NCC1CC1)NC1CCOC2(CCSC2)C1. The van der Waals surface area contributed by atoms with E-state index in [4.69, 9.17) is 4.74 Å². The van der Waals surface area contributed by atoms with E-state index in [-0.39, 0.29) is 17.7 Å². The highest BCUT2D eigenvalue weighted by atomic mass is 32.2. The normalized spacial score (nSPS) is 35.7. The molecule has 3 rings (SSSR count). The molecule has 0 aromatic heterocycles. The van der Waals surface area contributed by atoms with Crippen LogP contribution < -0.4 is 10.6 Å². The maximum absolute atomic E-state index is 11.8. The molecular formula is C13H22N2O2S.